The molecule has 1 spiro atoms. The van der Waals surface area contributed by atoms with Crippen molar-refractivity contribution in [3.63, 3.8) is 0 Å². The fourth-order valence-corrected chi connectivity index (χ4v) is 10.9. The minimum atomic E-state index is -0.431. The smallest absolute Gasteiger partial charge is 0.160 e. The molecule has 0 aliphatic heterocycles. The van der Waals surface area contributed by atoms with Crippen LogP contribution in [0.25, 0.3) is 87.5 Å². The first-order valence-electron chi connectivity index (χ1n) is 19.2. The van der Waals surface area contributed by atoms with E-state index in [9.17, 15) is 0 Å². The molecule has 0 atom stereocenters. The zero-order chi connectivity index (χ0) is 36.8. The molecule has 0 radical (unpaired) electrons. The fraction of sp³-hybridized carbons (Fsp3) is 0.0189. The first-order chi connectivity index (χ1) is 27.8. The Hall–Kier alpha value is -6.94. The second-order valence-corrected chi connectivity index (χ2v) is 15.9. The number of hydrogen-bond acceptors (Lipinski definition) is 3. The van der Waals surface area contributed by atoms with E-state index in [2.05, 4.69) is 188 Å². The van der Waals surface area contributed by atoms with Gasteiger partial charge in [-0.25, -0.2) is 9.97 Å². The molecular formula is C53H32N2S. The lowest BCUT2D eigenvalue weighted by molar-refractivity contribution is 0.803. The average Bonchev–Trinajstić information content (AvgIpc) is 3.90. The lowest BCUT2D eigenvalue weighted by Crippen LogP contribution is -2.25. The van der Waals surface area contributed by atoms with Crippen molar-refractivity contribution in [2.45, 2.75) is 5.41 Å². The lowest BCUT2D eigenvalue weighted by atomic mass is 9.69. The number of aromatic nitrogens is 2. The first-order valence-corrected chi connectivity index (χ1v) is 20.0. The minimum Gasteiger partial charge on any atom is -0.228 e. The topological polar surface area (TPSA) is 25.8 Å². The third-order valence-electron chi connectivity index (χ3n) is 11.9. The number of nitrogens with zero attached hydrogens (tertiary/aromatic N) is 2. The highest BCUT2D eigenvalue weighted by Crippen LogP contribution is 2.66. The van der Waals surface area contributed by atoms with Crippen molar-refractivity contribution in [2.75, 3.05) is 0 Å². The van der Waals surface area contributed by atoms with Crippen molar-refractivity contribution in [1.82, 2.24) is 9.97 Å². The summed E-state index contributed by atoms with van der Waals surface area (Å²) in [6, 6.07) is 70.5. The summed E-state index contributed by atoms with van der Waals surface area (Å²) in [6.45, 7) is 0. The number of hydrogen-bond donors (Lipinski definition) is 0. The Morgan fingerprint density at radius 2 is 0.964 bits per heavy atom. The van der Waals surface area contributed by atoms with Gasteiger partial charge in [0.1, 0.15) is 0 Å². The van der Waals surface area contributed by atoms with E-state index < -0.39 is 5.41 Å². The molecule has 2 nitrogen and oxygen atoms in total. The third kappa shape index (κ3) is 4.38. The van der Waals surface area contributed by atoms with Crippen LogP contribution in [-0.2, 0) is 5.41 Å². The van der Waals surface area contributed by atoms with E-state index >= 15 is 0 Å². The predicted molar refractivity (Wildman–Crippen MR) is 233 cm³/mol. The Kier molecular flexibility index (Phi) is 6.75. The van der Waals surface area contributed by atoms with Gasteiger partial charge in [-0.15, -0.1) is 11.3 Å². The lowest BCUT2D eigenvalue weighted by Gasteiger charge is -2.31. The Morgan fingerprint density at radius 1 is 0.375 bits per heavy atom. The highest BCUT2D eigenvalue weighted by Gasteiger charge is 2.53. The number of rotatable bonds is 4. The van der Waals surface area contributed by atoms with Gasteiger partial charge in [0.15, 0.2) is 5.82 Å². The summed E-state index contributed by atoms with van der Waals surface area (Å²) >= 11 is 1.92. The standard InChI is InChI=1S/C53H32N2S/c1-2-16-34(17-3-1)52-54-47(32-48(55-52)41-25-14-18-33-15-4-5-19-36(33)41)40-23-7-6-20-37(40)35-29-30-42-46(31-35)53(50-43-24-10-13-28-49(43)56-51(42)50)44-26-11-8-21-38(44)39-22-9-12-27-45(39)53/h1-32H. The molecule has 0 saturated carbocycles. The van der Waals surface area contributed by atoms with Gasteiger partial charge in [-0.2, -0.15) is 0 Å². The van der Waals surface area contributed by atoms with Crippen molar-refractivity contribution in [3.8, 4) is 66.6 Å². The van der Waals surface area contributed by atoms with Gasteiger partial charge in [0.25, 0.3) is 0 Å². The second-order valence-electron chi connectivity index (χ2n) is 14.8. The Labute approximate surface area is 329 Å². The number of thiophene rings is 1. The van der Waals surface area contributed by atoms with E-state index in [1.165, 1.54) is 70.2 Å². The SMILES string of the molecule is c1ccc(-c2nc(-c3ccccc3-c3ccc4c(c3)C3(c5ccccc5-c5ccccc53)c3c-4sc4ccccc34)cc(-c3cccc4ccccc34)n2)cc1. The molecule has 0 saturated heterocycles. The maximum absolute atomic E-state index is 5.32. The molecule has 3 heteroatoms. The molecule has 10 aromatic rings. The summed E-state index contributed by atoms with van der Waals surface area (Å²) < 4.78 is 1.33. The normalized spacial score (nSPS) is 13.1. The monoisotopic (exact) mass is 728 g/mol. The first kappa shape index (κ1) is 31.4. The van der Waals surface area contributed by atoms with E-state index in [-0.39, 0.29) is 0 Å². The molecule has 0 amide bonds. The molecule has 56 heavy (non-hydrogen) atoms. The highest BCUT2D eigenvalue weighted by atomic mass is 32.1. The molecule has 0 unspecified atom stereocenters. The van der Waals surface area contributed by atoms with Crippen LogP contribution < -0.4 is 0 Å². The van der Waals surface area contributed by atoms with E-state index in [4.69, 9.17) is 9.97 Å². The molecule has 2 heterocycles. The molecular weight excluding hydrogens is 697 g/mol. The van der Waals surface area contributed by atoms with Crippen LogP contribution in [-0.4, -0.2) is 9.97 Å². The van der Waals surface area contributed by atoms with Gasteiger partial charge in [-0.05, 0) is 84.4 Å². The largest absolute Gasteiger partial charge is 0.228 e. The molecule has 260 valence electrons. The maximum atomic E-state index is 5.32. The van der Waals surface area contributed by atoms with Crippen molar-refractivity contribution < 1.29 is 0 Å². The van der Waals surface area contributed by atoms with Gasteiger partial charge in [-0.1, -0.05) is 176 Å². The quantitative estimate of drug-likeness (QED) is 0.180. The zero-order valence-electron chi connectivity index (χ0n) is 30.3. The number of benzene rings is 8. The van der Waals surface area contributed by atoms with Gasteiger partial charge < -0.3 is 0 Å². The summed E-state index contributed by atoms with van der Waals surface area (Å²) in [5.74, 6) is 0.712. The van der Waals surface area contributed by atoms with Crippen LogP contribution in [0.3, 0.4) is 0 Å². The molecule has 12 rings (SSSR count). The van der Waals surface area contributed by atoms with Gasteiger partial charge in [0, 0.05) is 26.3 Å². The van der Waals surface area contributed by atoms with Gasteiger partial charge >= 0.3 is 0 Å². The molecule has 2 aliphatic rings. The van der Waals surface area contributed by atoms with Crippen molar-refractivity contribution in [1.29, 1.82) is 0 Å². The summed E-state index contributed by atoms with van der Waals surface area (Å²) in [7, 11) is 0. The van der Waals surface area contributed by atoms with Crippen LogP contribution in [0.15, 0.2) is 194 Å². The van der Waals surface area contributed by atoms with Crippen LogP contribution in [0.1, 0.15) is 22.3 Å². The average molecular weight is 729 g/mol. The molecule has 8 aromatic carbocycles. The van der Waals surface area contributed by atoms with Crippen LogP contribution in [0.2, 0.25) is 0 Å². The van der Waals surface area contributed by atoms with Gasteiger partial charge in [0.2, 0.25) is 0 Å². The van der Waals surface area contributed by atoms with Gasteiger partial charge in [-0.3, -0.25) is 0 Å². The molecule has 0 fully saturated rings. The summed E-state index contributed by atoms with van der Waals surface area (Å²) in [5, 5.41) is 3.70. The van der Waals surface area contributed by atoms with Gasteiger partial charge in [0.05, 0.1) is 16.8 Å². The Bertz CT molecular complexity index is 3160. The molecule has 2 aromatic heterocycles. The summed E-state index contributed by atoms with van der Waals surface area (Å²) in [6.07, 6.45) is 0. The number of fused-ring (bicyclic) bond motifs is 13. The fourth-order valence-electron chi connectivity index (χ4n) is 9.60. The van der Waals surface area contributed by atoms with E-state index in [1.807, 2.05) is 17.4 Å². The van der Waals surface area contributed by atoms with Crippen molar-refractivity contribution >= 4 is 32.2 Å². The van der Waals surface area contributed by atoms with Crippen LogP contribution in [0.4, 0.5) is 0 Å². The Morgan fingerprint density at radius 3 is 1.75 bits per heavy atom. The molecule has 0 bridgehead atoms. The Balaban J connectivity index is 1.11. The second kappa shape index (κ2) is 12.0. The molecule has 2 aliphatic carbocycles. The third-order valence-corrected chi connectivity index (χ3v) is 13.1. The molecule has 0 N–H and O–H groups in total. The maximum Gasteiger partial charge on any atom is 0.160 e. The van der Waals surface area contributed by atoms with Crippen molar-refractivity contribution in [2.24, 2.45) is 0 Å². The van der Waals surface area contributed by atoms with E-state index in [1.54, 1.807) is 0 Å². The van der Waals surface area contributed by atoms with E-state index in [0.717, 1.165) is 33.6 Å². The van der Waals surface area contributed by atoms with Crippen LogP contribution in [0, 0.1) is 0 Å². The predicted octanol–water partition coefficient (Wildman–Crippen LogP) is 13.9. The highest BCUT2D eigenvalue weighted by molar-refractivity contribution is 7.22. The van der Waals surface area contributed by atoms with E-state index in [0.29, 0.717) is 5.82 Å². The van der Waals surface area contributed by atoms with Crippen molar-refractivity contribution in [3.05, 3.63) is 216 Å². The summed E-state index contributed by atoms with van der Waals surface area (Å²) in [4.78, 5) is 11.9. The summed E-state index contributed by atoms with van der Waals surface area (Å²) in [5.41, 5.74) is 16.3. The minimum absolute atomic E-state index is 0.431. The van der Waals surface area contributed by atoms with Crippen LogP contribution >= 0.6 is 11.3 Å². The van der Waals surface area contributed by atoms with Crippen LogP contribution in [0.5, 0.6) is 0 Å². The zero-order valence-corrected chi connectivity index (χ0v) is 31.1.